The summed E-state index contributed by atoms with van der Waals surface area (Å²) in [5.41, 5.74) is -0.152. The maximum Gasteiger partial charge on any atom is 0.243 e. The van der Waals surface area contributed by atoms with Gasteiger partial charge in [-0.25, -0.2) is 8.42 Å². The van der Waals surface area contributed by atoms with Crippen molar-refractivity contribution in [1.82, 2.24) is 14.1 Å². The first-order valence-corrected chi connectivity index (χ1v) is 12.5. The van der Waals surface area contributed by atoms with E-state index in [0.717, 1.165) is 58.5 Å². The molecule has 3 aliphatic heterocycles. The van der Waals surface area contributed by atoms with E-state index in [0.29, 0.717) is 30.1 Å². The Labute approximate surface area is 175 Å². The van der Waals surface area contributed by atoms with Gasteiger partial charge >= 0.3 is 0 Å². The summed E-state index contributed by atoms with van der Waals surface area (Å²) < 4.78 is 33.8. The van der Waals surface area contributed by atoms with Crippen molar-refractivity contribution in [2.75, 3.05) is 45.9 Å². The summed E-state index contributed by atoms with van der Waals surface area (Å²) in [7, 11) is -3.40. The van der Waals surface area contributed by atoms with Crippen LogP contribution in [-0.4, -0.2) is 86.1 Å². The highest BCUT2D eigenvalue weighted by atomic mass is 32.2. The lowest BCUT2D eigenvalue weighted by Gasteiger charge is -2.49. The molecule has 0 N–H and O–H groups in total. The van der Waals surface area contributed by atoms with Crippen molar-refractivity contribution in [2.24, 2.45) is 0 Å². The van der Waals surface area contributed by atoms with Crippen LogP contribution >= 0.6 is 0 Å². The third-order valence-electron chi connectivity index (χ3n) is 7.08. The Balaban J connectivity index is 1.36. The van der Waals surface area contributed by atoms with Gasteiger partial charge in [-0.15, -0.1) is 0 Å². The fourth-order valence-electron chi connectivity index (χ4n) is 5.16. The molecule has 3 aliphatic rings. The van der Waals surface area contributed by atoms with Crippen LogP contribution in [0.3, 0.4) is 0 Å². The second-order valence-electron chi connectivity index (χ2n) is 9.06. The van der Waals surface area contributed by atoms with Crippen molar-refractivity contribution in [1.29, 1.82) is 0 Å². The Kier molecular flexibility index (Phi) is 6.33. The molecule has 0 aromatic heterocycles. The summed E-state index contributed by atoms with van der Waals surface area (Å²) in [6, 6.07) is 9.97. The van der Waals surface area contributed by atoms with Gasteiger partial charge in [0, 0.05) is 58.0 Å². The molecule has 1 unspecified atom stereocenters. The number of benzene rings is 1. The van der Waals surface area contributed by atoms with Crippen LogP contribution in [0.1, 0.15) is 39.5 Å². The average Bonchev–Trinajstić information content (AvgIpc) is 2.75. The predicted octanol–water partition coefficient (Wildman–Crippen LogP) is 2.41. The highest BCUT2D eigenvalue weighted by Crippen LogP contribution is 2.38. The molecule has 1 spiro atoms. The lowest BCUT2D eigenvalue weighted by molar-refractivity contribution is -0.130. The van der Waals surface area contributed by atoms with Crippen LogP contribution < -0.4 is 0 Å². The second kappa shape index (κ2) is 8.63. The standard InChI is InChI=1S/C22H35N3O3S/c1-19(2)23-13-15-24(16-14-23)20-8-17-28-22(18-20)9-11-25(12-10-22)29(26,27)21-6-4-3-5-7-21/h3-7,19-20H,8-18H2,1-2H3. The molecule has 0 saturated carbocycles. The van der Waals surface area contributed by atoms with Gasteiger partial charge in [-0.1, -0.05) is 18.2 Å². The van der Waals surface area contributed by atoms with Gasteiger partial charge in [-0.05, 0) is 51.7 Å². The normalized spacial score (nSPS) is 27.5. The van der Waals surface area contributed by atoms with Crippen LogP contribution in [-0.2, 0) is 14.8 Å². The van der Waals surface area contributed by atoms with Crippen molar-refractivity contribution in [3.05, 3.63) is 30.3 Å². The first-order valence-electron chi connectivity index (χ1n) is 11.1. The molecular weight excluding hydrogens is 386 g/mol. The molecular formula is C22H35N3O3S. The number of hydrogen-bond donors (Lipinski definition) is 0. The van der Waals surface area contributed by atoms with Gasteiger partial charge in [-0.2, -0.15) is 4.31 Å². The number of sulfonamides is 1. The minimum absolute atomic E-state index is 0.152. The van der Waals surface area contributed by atoms with E-state index in [1.807, 2.05) is 6.07 Å². The van der Waals surface area contributed by atoms with Crippen molar-refractivity contribution in [2.45, 2.75) is 62.1 Å². The molecule has 4 rings (SSSR count). The van der Waals surface area contributed by atoms with E-state index in [-0.39, 0.29) is 5.60 Å². The van der Waals surface area contributed by atoms with Crippen molar-refractivity contribution >= 4 is 10.0 Å². The molecule has 3 fully saturated rings. The fraction of sp³-hybridized carbons (Fsp3) is 0.727. The Bertz CT molecular complexity index is 768. The minimum Gasteiger partial charge on any atom is -0.375 e. The zero-order chi connectivity index (χ0) is 20.5. The van der Waals surface area contributed by atoms with Gasteiger partial charge in [0.2, 0.25) is 10.0 Å². The first-order chi connectivity index (χ1) is 13.9. The maximum atomic E-state index is 12.9. The first kappa shape index (κ1) is 21.2. The smallest absolute Gasteiger partial charge is 0.243 e. The van der Waals surface area contributed by atoms with Crippen molar-refractivity contribution < 1.29 is 13.2 Å². The largest absolute Gasteiger partial charge is 0.375 e. The zero-order valence-corrected chi connectivity index (χ0v) is 18.6. The molecule has 29 heavy (non-hydrogen) atoms. The monoisotopic (exact) mass is 421 g/mol. The summed E-state index contributed by atoms with van der Waals surface area (Å²) >= 11 is 0. The van der Waals surface area contributed by atoms with Crippen LogP contribution in [0, 0.1) is 0 Å². The van der Waals surface area contributed by atoms with Crippen LogP contribution in [0.4, 0.5) is 0 Å². The van der Waals surface area contributed by atoms with E-state index in [1.54, 1.807) is 28.6 Å². The van der Waals surface area contributed by atoms with E-state index >= 15 is 0 Å². The summed E-state index contributed by atoms with van der Waals surface area (Å²) in [4.78, 5) is 5.59. The summed E-state index contributed by atoms with van der Waals surface area (Å²) in [6.45, 7) is 11.0. The number of nitrogens with zero attached hydrogens (tertiary/aromatic N) is 3. The van der Waals surface area contributed by atoms with Crippen LogP contribution in [0.25, 0.3) is 0 Å². The third kappa shape index (κ3) is 4.54. The van der Waals surface area contributed by atoms with Crippen LogP contribution in [0.2, 0.25) is 0 Å². The summed E-state index contributed by atoms with van der Waals surface area (Å²) in [5, 5.41) is 0. The van der Waals surface area contributed by atoms with E-state index < -0.39 is 10.0 Å². The van der Waals surface area contributed by atoms with Gasteiger partial charge in [0.25, 0.3) is 0 Å². The zero-order valence-electron chi connectivity index (χ0n) is 17.8. The molecule has 1 aromatic carbocycles. The van der Waals surface area contributed by atoms with E-state index in [4.69, 9.17) is 4.74 Å². The van der Waals surface area contributed by atoms with E-state index in [2.05, 4.69) is 23.6 Å². The number of ether oxygens (including phenoxy) is 1. The summed E-state index contributed by atoms with van der Waals surface area (Å²) in [5.74, 6) is 0. The Hall–Kier alpha value is -0.990. The fourth-order valence-corrected chi connectivity index (χ4v) is 6.62. The highest BCUT2D eigenvalue weighted by molar-refractivity contribution is 7.89. The van der Waals surface area contributed by atoms with Gasteiger partial charge in [0.1, 0.15) is 0 Å². The molecule has 0 bridgehead atoms. The molecule has 3 heterocycles. The lowest BCUT2D eigenvalue weighted by atomic mass is 9.82. The van der Waals surface area contributed by atoms with Gasteiger partial charge in [-0.3, -0.25) is 9.80 Å². The lowest BCUT2D eigenvalue weighted by Crippen LogP contribution is -2.58. The predicted molar refractivity (Wildman–Crippen MR) is 114 cm³/mol. The number of rotatable bonds is 4. The van der Waals surface area contributed by atoms with Crippen molar-refractivity contribution in [3.63, 3.8) is 0 Å². The average molecular weight is 422 g/mol. The van der Waals surface area contributed by atoms with Gasteiger partial charge < -0.3 is 4.74 Å². The molecule has 1 atom stereocenters. The Morgan fingerprint density at radius 3 is 2.28 bits per heavy atom. The van der Waals surface area contributed by atoms with E-state index in [9.17, 15) is 8.42 Å². The Morgan fingerprint density at radius 2 is 1.66 bits per heavy atom. The second-order valence-corrected chi connectivity index (χ2v) is 11.0. The van der Waals surface area contributed by atoms with Crippen LogP contribution in [0.5, 0.6) is 0 Å². The molecule has 7 heteroatoms. The highest BCUT2D eigenvalue weighted by Gasteiger charge is 2.44. The summed E-state index contributed by atoms with van der Waals surface area (Å²) in [6.07, 6.45) is 3.71. The SMILES string of the molecule is CC(C)N1CCN(C2CCOC3(CCN(S(=O)(=O)c4ccccc4)CC3)C2)CC1. The molecule has 3 saturated heterocycles. The third-order valence-corrected chi connectivity index (χ3v) is 8.99. The van der Waals surface area contributed by atoms with Gasteiger partial charge in [0.05, 0.1) is 10.5 Å². The molecule has 162 valence electrons. The topological polar surface area (TPSA) is 53.1 Å². The quantitative estimate of drug-likeness (QED) is 0.747. The molecule has 0 amide bonds. The minimum atomic E-state index is -3.40. The van der Waals surface area contributed by atoms with Crippen LogP contribution in [0.15, 0.2) is 35.2 Å². The molecule has 6 nitrogen and oxygen atoms in total. The molecule has 0 radical (unpaired) electrons. The number of piperidine rings is 1. The number of hydrogen-bond acceptors (Lipinski definition) is 5. The Morgan fingerprint density at radius 1 is 1.00 bits per heavy atom. The molecule has 1 aromatic rings. The van der Waals surface area contributed by atoms with E-state index in [1.165, 1.54) is 0 Å². The van der Waals surface area contributed by atoms with Crippen molar-refractivity contribution in [3.8, 4) is 0 Å². The maximum absolute atomic E-state index is 12.9. The number of piperazine rings is 1. The molecule has 0 aliphatic carbocycles. The van der Waals surface area contributed by atoms with Gasteiger partial charge in [0.15, 0.2) is 0 Å².